The zero-order valence-corrected chi connectivity index (χ0v) is 15.7. The van der Waals surface area contributed by atoms with Gasteiger partial charge in [0.05, 0.1) is 11.8 Å². The molecule has 3 N–H and O–H groups in total. The van der Waals surface area contributed by atoms with E-state index in [1.807, 2.05) is 0 Å². The van der Waals surface area contributed by atoms with Gasteiger partial charge in [0.2, 0.25) is 5.91 Å². The fraction of sp³-hybridized carbons (Fsp3) is 0.750. The highest BCUT2D eigenvalue weighted by atomic mass is 16.4. The summed E-state index contributed by atoms with van der Waals surface area (Å²) < 4.78 is 0. The predicted octanol–water partition coefficient (Wildman–Crippen LogP) is 1.69. The van der Waals surface area contributed by atoms with Crippen molar-refractivity contribution in [1.82, 2.24) is 15.1 Å². The third-order valence-corrected chi connectivity index (χ3v) is 6.63. The Labute approximate surface area is 159 Å². The lowest BCUT2D eigenvalue weighted by molar-refractivity contribution is -0.167. The highest BCUT2D eigenvalue weighted by molar-refractivity contribution is 5.80. The van der Waals surface area contributed by atoms with Gasteiger partial charge in [-0.1, -0.05) is 12.8 Å². The third-order valence-electron chi connectivity index (χ3n) is 6.63. The zero-order chi connectivity index (χ0) is 19.0. The average Bonchev–Trinajstić information content (AvgIpc) is 3.38. The van der Waals surface area contributed by atoms with Crippen LogP contribution in [0, 0.1) is 11.3 Å². The molecule has 0 aromatic carbocycles. The molecule has 0 unspecified atom stereocenters. The minimum Gasteiger partial charge on any atom is -0.481 e. The standard InChI is InChI=1S/C20H29N3O4/c24-17-9-10-23(12-20(17,19(26)27)11-13-5-6-13)18(25)8-7-16-14-3-1-2-4-15(14)21-22-16/h13,17,24H,1-12H2,(H,21,22)(H,26,27)/t17-,20-/m1/s1. The van der Waals surface area contributed by atoms with E-state index in [-0.39, 0.29) is 12.5 Å². The number of nitrogens with one attached hydrogen (secondary N) is 1. The van der Waals surface area contributed by atoms with Crippen LogP contribution in [0.4, 0.5) is 0 Å². The molecule has 1 aromatic heterocycles. The summed E-state index contributed by atoms with van der Waals surface area (Å²) in [5, 5.41) is 27.8. The number of amides is 1. The van der Waals surface area contributed by atoms with Crippen LogP contribution in [0.2, 0.25) is 0 Å². The van der Waals surface area contributed by atoms with Crippen molar-refractivity contribution in [2.45, 2.75) is 70.3 Å². The number of hydrogen-bond donors (Lipinski definition) is 3. The lowest BCUT2D eigenvalue weighted by atomic mass is 9.73. The Morgan fingerprint density at radius 1 is 1.22 bits per heavy atom. The molecule has 7 nitrogen and oxygen atoms in total. The van der Waals surface area contributed by atoms with Crippen molar-refractivity contribution in [2.75, 3.05) is 13.1 Å². The molecule has 2 aliphatic carbocycles. The summed E-state index contributed by atoms with van der Waals surface area (Å²) in [7, 11) is 0. The smallest absolute Gasteiger partial charge is 0.314 e. The lowest BCUT2D eigenvalue weighted by Crippen LogP contribution is -2.57. The van der Waals surface area contributed by atoms with E-state index < -0.39 is 17.5 Å². The van der Waals surface area contributed by atoms with Crippen LogP contribution in [0.1, 0.15) is 61.9 Å². The fourth-order valence-corrected chi connectivity index (χ4v) is 4.77. The molecule has 1 aliphatic heterocycles. The zero-order valence-electron chi connectivity index (χ0n) is 15.7. The number of aliphatic hydroxyl groups excluding tert-OH is 1. The summed E-state index contributed by atoms with van der Waals surface area (Å²) in [6.45, 7) is 0.551. The number of carbonyl (C=O) groups is 2. The number of H-pyrrole nitrogens is 1. The van der Waals surface area contributed by atoms with Gasteiger partial charge in [-0.05, 0) is 50.0 Å². The van der Waals surface area contributed by atoms with Crippen molar-refractivity contribution in [3.05, 3.63) is 17.0 Å². The maximum atomic E-state index is 12.8. The molecular weight excluding hydrogens is 346 g/mol. The van der Waals surface area contributed by atoms with Crippen LogP contribution in [0.25, 0.3) is 0 Å². The van der Waals surface area contributed by atoms with Gasteiger partial charge in [0.25, 0.3) is 0 Å². The molecule has 0 spiro atoms. The number of likely N-dealkylation sites (tertiary alicyclic amines) is 1. The number of carboxylic acid groups (broad SMARTS) is 1. The summed E-state index contributed by atoms with van der Waals surface area (Å²) in [5.74, 6) is -0.627. The van der Waals surface area contributed by atoms with E-state index in [1.54, 1.807) is 4.90 Å². The van der Waals surface area contributed by atoms with Gasteiger partial charge in [-0.3, -0.25) is 14.7 Å². The molecule has 1 amide bonds. The van der Waals surface area contributed by atoms with E-state index in [1.165, 1.54) is 24.1 Å². The number of piperidine rings is 1. The fourth-order valence-electron chi connectivity index (χ4n) is 4.77. The first-order valence-electron chi connectivity index (χ1n) is 10.2. The highest BCUT2D eigenvalue weighted by Gasteiger charge is 2.52. The van der Waals surface area contributed by atoms with Crippen LogP contribution >= 0.6 is 0 Å². The molecule has 7 heteroatoms. The van der Waals surface area contributed by atoms with Crippen LogP contribution in [-0.2, 0) is 28.9 Å². The Balaban J connectivity index is 1.41. The molecule has 2 fully saturated rings. The summed E-state index contributed by atoms with van der Waals surface area (Å²) in [4.78, 5) is 26.5. The van der Waals surface area contributed by atoms with E-state index >= 15 is 0 Å². The van der Waals surface area contributed by atoms with Crippen LogP contribution in [0.5, 0.6) is 0 Å². The van der Waals surface area contributed by atoms with Crippen LogP contribution < -0.4 is 0 Å². The van der Waals surface area contributed by atoms with Crippen LogP contribution in [0.15, 0.2) is 0 Å². The SMILES string of the molecule is O=C(CCc1n[nH]c2c1CCCC2)N1CC[C@@H](O)[C@](CC2CC2)(C(=O)O)C1. The van der Waals surface area contributed by atoms with Crippen LogP contribution in [0.3, 0.4) is 0 Å². The molecule has 0 bridgehead atoms. The number of aromatic amines is 1. The van der Waals surface area contributed by atoms with Gasteiger partial charge < -0.3 is 15.1 Å². The Bertz CT molecular complexity index is 727. The molecule has 27 heavy (non-hydrogen) atoms. The van der Waals surface area contributed by atoms with E-state index in [9.17, 15) is 19.8 Å². The van der Waals surface area contributed by atoms with Gasteiger partial charge in [-0.15, -0.1) is 0 Å². The van der Waals surface area contributed by atoms with E-state index in [0.29, 0.717) is 38.1 Å². The second kappa shape index (κ2) is 7.26. The molecule has 4 rings (SSSR count). The molecule has 1 saturated heterocycles. The Hall–Kier alpha value is -1.89. The molecule has 3 aliphatic rings. The number of carbonyl (C=O) groups excluding carboxylic acids is 1. The minimum atomic E-state index is -1.21. The van der Waals surface area contributed by atoms with Crippen molar-refractivity contribution in [2.24, 2.45) is 11.3 Å². The Kier molecular flexibility index (Phi) is 4.97. The number of carboxylic acids is 1. The van der Waals surface area contributed by atoms with Gasteiger partial charge in [0.1, 0.15) is 5.41 Å². The van der Waals surface area contributed by atoms with Gasteiger partial charge in [-0.2, -0.15) is 5.10 Å². The Morgan fingerprint density at radius 3 is 2.74 bits per heavy atom. The molecule has 2 atom stereocenters. The summed E-state index contributed by atoms with van der Waals surface area (Å²) in [5.41, 5.74) is 2.26. The van der Waals surface area contributed by atoms with Crippen molar-refractivity contribution in [3.63, 3.8) is 0 Å². The first kappa shape index (κ1) is 18.5. The molecular formula is C20H29N3O4. The number of aliphatic hydroxyl groups is 1. The summed E-state index contributed by atoms with van der Waals surface area (Å²) in [6.07, 6.45) is 7.32. The molecule has 1 saturated carbocycles. The number of fused-ring (bicyclic) bond motifs is 1. The van der Waals surface area contributed by atoms with Crippen molar-refractivity contribution < 1.29 is 19.8 Å². The number of hydrogen-bond acceptors (Lipinski definition) is 4. The minimum absolute atomic E-state index is 0.0316. The highest BCUT2D eigenvalue weighted by Crippen LogP contribution is 2.45. The third kappa shape index (κ3) is 3.61. The number of nitrogens with zero attached hydrogens (tertiary/aromatic N) is 2. The van der Waals surface area contributed by atoms with Crippen molar-refractivity contribution >= 4 is 11.9 Å². The Morgan fingerprint density at radius 2 is 2.00 bits per heavy atom. The second-order valence-corrected chi connectivity index (χ2v) is 8.56. The summed E-state index contributed by atoms with van der Waals surface area (Å²) in [6, 6.07) is 0. The monoisotopic (exact) mass is 375 g/mol. The maximum Gasteiger partial charge on any atom is 0.314 e. The average molecular weight is 375 g/mol. The molecule has 148 valence electrons. The molecule has 2 heterocycles. The van der Waals surface area contributed by atoms with E-state index in [0.717, 1.165) is 31.4 Å². The maximum absolute atomic E-state index is 12.8. The summed E-state index contributed by atoms with van der Waals surface area (Å²) >= 11 is 0. The van der Waals surface area contributed by atoms with Crippen molar-refractivity contribution in [3.8, 4) is 0 Å². The first-order chi connectivity index (χ1) is 13.0. The topological polar surface area (TPSA) is 107 Å². The lowest BCUT2D eigenvalue weighted by Gasteiger charge is -2.43. The van der Waals surface area contributed by atoms with Gasteiger partial charge in [0.15, 0.2) is 0 Å². The number of aryl methyl sites for hydroxylation is 2. The number of aromatic nitrogens is 2. The quantitative estimate of drug-likeness (QED) is 0.701. The first-order valence-corrected chi connectivity index (χ1v) is 10.2. The molecule has 0 radical (unpaired) electrons. The normalized spacial score (nSPS) is 28.0. The van der Waals surface area contributed by atoms with Crippen molar-refractivity contribution in [1.29, 1.82) is 0 Å². The van der Waals surface area contributed by atoms with Gasteiger partial charge in [0, 0.05) is 31.6 Å². The molecule has 1 aromatic rings. The second-order valence-electron chi connectivity index (χ2n) is 8.56. The number of aliphatic carboxylic acids is 1. The van der Waals surface area contributed by atoms with Gasteiger partial charge in [-0.25, -0.2) is 0 Å². The van der Waals surface area contributed by atoms with Gasteiger partial charge >= 0.3 is 5.97 Å². The van der Waals surface area contributed by atoms with E-state index in [4.69, 9.17) is 0 Å². The largest absolute Gasteiger partial charge is 0.481 e. The van der Waals surface area contributed by atoms with Crippen LogP contribution in [-0.4, -0.2) is 56.4 Å². The predicted molar refractivity (Wildman–Crippen MR) is 98.2 cm³/mol. The number of rotatable bonds is 6. The van der Waals surface area contributed by atoms with E-state index in [2.05, 4.69) is 10.2 Å².